The first-order valence-corrected chi connectivity index (χ1v) is 9.03. The van der Waals surface area contributed by atoms with E-state index in [4.69, 9.17) is 4.98 Å². The van der Waals surface area contributed by atoms with Crippen LogP contribution in [0.1, 0.15) is 54.2 Å². The lowest BCUT2D eigenvalue weighted by atomic mass is 9.76. The summed E-state index contributed by atoms with van der Waals surface area (Å²) in [6, 6.07) is 10.1. The third-order valence-electron chi connectivity index (χ3n) is 5.34. The smallest absolute Gasteiger partial charge is 0.144 e. The molecule has 0 aliphatic heterocycles. The van der Waals surface area contributed by atoms with Crippen molar-refractivity contribution in [1.82, 2.24) is 9.97 Å². The number of nitriles is 1. The van der Waals surface area contributed by atoms with Crippen LogP contribution in [-0.2, 0) is 12.8 Å². The lowest BCUT2D eigenvalue weighted by Gasteiger charge is -2.38. The number of hydrogen-bond donors (Lipinski definition) is 2. The van der Waals surface area contributed by atoms with Crippen LogP contribution in [-0.4, -0.2) is 21.2 Å². The minimum absolute atomic E-state index is 0.0363. The van der Waals surface area contributed by atoms with Gasteiger partial charge in [0.05, 0.1) is 23.4 Å². The van der Waals surface area contributed by atoms with Crippen molar-refractivity contribution >= 4 is 5.82 Å². The molecule has 2 aliphatic carbocycles. The second kappa shape index (κ2) is 6.81. The predicted octanol–water partition coefficient (Wildman–Crippen LogP) is 3.15. The van der Waals surface area contributed by atoms with E-state index in [1.165, 1.54) is 12.0 Å². The molecular weight excluding hydrogens is 312 g/mol. The standard InChI is InChI=1S/C20H22N4O/c21-12-15-9-13-5-1-2-6-17(13)23-20(15)24-19(14-10-16(25)11-14)18-7-3-4-8-22-18/h3-4,7-9,14,16,19,25H,1-2,5-6,10-11H2,(H,23,24)/t14?,16?,19-/m0/s1. The van der Waals surface area contributed by atoms with E-state index in [2.05, 4.69) is 16.4 Å². The minimum atomic E-state index is -0.232. The van der Waals surface area contributed by atoms with Gasteiger partial charge in [-0.3, -0.25) is 4.98 Å². The SMILES string of the molecule is N#Cc1cc2c(nc1N[C@H](c1ccccn1)C1CC(O)C1)CCCC2. The molecule has 0 unspecified atom stereocenters. The van der Waals surface area contributed by atoms with Crippen LogP contribution in [0.15, 0.2) is 30.5 Å². The first-order chi connectivity index (χ1) is 12.2. The molecule has 128 valence electrons. The lowest BCUT2D eigenvalue weighted by molar-refractivity contribution is 0.0333. The molecule has 5 heteroatoms. The molecule has 1 atom stereocenters. The van der Waals surface area contributed by atoms with Crippen LogP contribution in [0.3, 0.4) is 0 Å². The van der Waals surface area contributed by atoms with Crippen molar-refractivity contribution in [2.75, 3.05) is 5.32 Å². The average Bonchev–Trinajstić information content (AvgIpc) is 2.64. The van der Waals surface area contributed by atoms with Crippen molar-refractivity contribution in [1.29, 1.82) is 5.26 Å². The fourth-order valence-corrected chi connectivity index (χ4v) is 3.87. The normalized spacial score (nSPS) is 23.0. The quantitative estimate of drug-likeness (QED) is 0.897. The van der Waals surface area contributed by atoms with Crippen molar-refractivity contribution in [3.63, 3.8) is 0 Å². The summed E-state index contributed by atoms with van der Waals surface area (Å²) in [5, 5.41) is 22.8. The van der Waals surface area contributed by atoms with Gasteiger partial charge >= 0.3 is 0 Å². The van der Waals surface area contributed by atoms with Crippen LogP contribution in [0, 0.1) is 17.2 Å². The third kappa shape index (κ3) is 3.22. The Bertz CT molecular complexity index is 793. The van der Waals surface area contributed by atoms with E-state index in [-0.39, 0.29) is 12.1 Å². The van der Waals surface area contributed by atoms with Gasteiger partial charge in [-0.15, -0.1) is 0 Å². The van der Waals surface area contributed by atoms with E-state index < -0.39 is 0 Å². The number of anilines is 1. The molecule has 2 aliphatic rings. The Morgan fingerprint density at radius 2 is 2.08 bits per heavy atom. The van der Waals surface area contributed by atoms with Gasteiger partial charge in [0.25, 0.3) is 0 Å². The van der Waals surface area contributed by atoms with Crippen LogP contribution in [0.2, 0.25) is 0 Å². The summed E-state index contributed by atoms with van der Waals surface area (Å²) >= 11 is 0. The maximum atomic E-state index is 9.72. The maximum Gasteiger partial charge on any atom is 0.144 e. The molecule has 0 bridgehead atoms. The van der Waals surface area contributed by atoms with Crippen molar-refractivity contribution in [2.45, 2.75) is 50.7 Å². The second-order valence-corrected chi connectivity index (χ2v) is 7.07. The number of nitrogens with one attached hydrogen (secondary N) is 1. The fourth-order valence-electron chi connectivity index (χ4n) is 3.87. The van der Waals surface area contributed by atoms with Crippen molar-refractivity contribution in [3.05, 3.63) is 53.0 Å². The van der Waals surface area contributed by atoms with Crippen LogP contribution in [0.25, 0.3) is 0 Å². The first-order valence-electron chi connectivity index (χ1n) is 9.03. The summed E-state index contributed by atoms with van der Waals surface area (Å²) in [6.07, 6.45) is 7.37. The lowest BCUT2D eigenvalue weighted by Crippen LogP contribution is -2.36. The molecule has 2 heterocycles. The number of aliphatic hydroxyl groups is 1. The van der Waals surface area contributed by atoms with Crippen LogP contribution < -0.4 is 5.32 Å². The van der Waals surface area contributed by atoms with E-state index in [0.29, 0.717) is 17.3 Å². The molecule has 2 N–H and O–H groups in total. The first kappa shape index (κ1) is 16.0. The van der Waals surface area contributed by atoms with Gasteiger partial charge in [0.2, 0.25) is 0 Å². The maximum absolute atomic E-state index is 9.72. The van der Waals surface area contributed by atoms with Crippen molar-refractivity contribution in [3.8, 4) is 6.07 Å². The van der Waals surface area contributed by atoms with Crippen LogP contribution in [0.4, 0.5) is 5.82 Å². The van der Waals surface area contributed by atoms with Gasteiger partial charge in [0.15, 0.2) is 0 Å². The highest BCUT2D eigenvalue weighted by atomic mass is 16.3. The Morgan fingerprint density at radius 3 is 2.80 bits per heavy atom. The highest BCUT2D eigenvalue weighted by molar-refractivity contribution is 5.55. The average molecular weight is 334 g/mol. The summed E-state index contributed by atoms with van der Waals surface area (Å²) < 4.78 is 0. The number of nitrogens with zero attached hydrogens (tertiary/aromatic N) is 3. The van der Waals surface area contributed by atoms with Crippen molar-refractivity contribution in [2.24, 2.45) is 5.92 Å². The van der Waals surface area contributed by atoms with Crippen LogP contribution in [0.5, 0.6) is 0 Å². The fraction of sp³-hybridized carbons (Fsp3) is 0.450. The zero-order chi connectivity index (χ0) is 17.2. The summed E-state index contributed by atoms with van der Waals surface area (Å²) in [7, 11) is 0. The Kier molecular flexibility index (Phi) is 4.37. The van der Waals surface area contributed by atoms with Crippen LogP contribution >= 0.6 is 0 Å². The molecule has 4 rings (SSSR count). The van der Waals surface area contributed by atoms with Gasteiger partial charge in [-0.2, -0.15) is 5.26 Å². The monoisotopic (exact) mass is 334 g/mol. The third-order valence-corrected chi connectivity index (χ3v) is 5.34. The molecule has 0 aromatic carbocycles. The molecule has 0 amide bonds. The van der Waals surface area contributed by atoms with E-state index in [0.717, 1.165) is 43.5 Å². The molecule has 0 saturated heterocycles. The summed E-state index contributed by atoms with van der Waals surface area (Å²) in [4.78, 5) is 9.28. The van der Waals surface area contributed by atoms with E-state index in [1.807, 2.05) is 24.3 Å². The predicted molar refractivity (Wildman–Crippen MR) is 94.9 cm³/mol. The number of aryl methyl sites for hydroxylation is 2. The Balaban J connectivity index is 1.67. The molecule has 25 heavy (non-hydrogen) atoms. The molecule has 0 spiro atoms. The van der Waals surface area contributed by atoms with Gasteiger partial charge in [-0.05, 0) is 68.2 Å². The van der Waals surface area contributed by atoms with Crippen molar-refractivity contribution < 1.29 is 5.11 Å². The van der Waals surface area contributed by atoms with Gasteiger partial charge < -0.3 is 10.4 Å². The highest BCUT2D eigenvalue weighted by Crippen LogP contribution is 2.39. The minimum Gasteiger partial charge on any atom is -0.393 e. The topological polar surface area (TPSA) is 81.8 Å². The van der Waals surface area contributed by atoms with Gasteiger partial charge in [0, 0.05) is 11.9 Å². The summed E-state index contributed by atoms with van der Waals surface area (Å²) in [6.45, 7) is 0. The largest absolute Gasteiger partial charge is 0.393 e. The molecule has 1 saturated carbocycles. The van der Waals surface area contributed by atoms with Gasteiger partial charge in [-0.25, -0.2) is 4.98 Å². The van der Waals surface area contributed by atoms with Gasteiger partial charge in [-0.1, -0.05) is 6.07 Å². The number of pyridine rings is 2. The zero-order valence-corrected chi connectivity index (χ0v) is 14.2. The zero-order valence-electron chi connectivity index (χ0n) is 14.2. The highest BCUT2D eigenvalue weighted by Gasteiger charge is 2.36. The number of aromatic nitrogens is 2. The summed E-state index contributed by atoms with van der Waals surface area (Å²) in [5.41, 5.74) is 3.85. The van der Waals surface area contributed by atoms with Gasteiger partial charge in [0.1, 0.15) is 11.9 Å². The number of rotatable bonds is 4. The van der Waals surface area contributed by atoms with E-state index >= 15 is 0 Å². The Labute approximate surface area is 147 Å². The molecular formula is C20H22N4O. The Morgan fingerprint density at radius 1 is 1.24 bits per heavy atom. The molecule has 2 aromatic heterocycles. The summed E-state index contributed by atoms with van der Waals surface area (Å²) in [5.74, 6) is 0.953. The number of hydrogen-bond acceptors (Lipinski definition) is 5. The number of aliphatic hydroxyl groups excluding tert-OH is 1. The number of fused-ring (bicyclic) bond motifs is 1. The van der Waals surface area contributed by atoms with E-state index in [1.54, 1.807) is 6.20 Å². The molecule has 2 aromatic rings. The molecule has 5 nitrogen and oxygen atoms in total. The van der Waals surface area contributed by atoms with E-state index in [9.17, 15) is 10.4 Å². The Hall–Kier alpha value is -2.45. The molecule has 0 radical (unpaired) electrons. The molecule has 1 fully saturated rings. The second-order valence-electron chi connectivity index (χ2n) is 7.07.